The summed E-state index contributed by atoms with van der Waals surface area (Å²) in [7, 11) is 0. The van der Waals surface area contributed by atoms with E-state index >= 15 is 0 Å². The van der Waals surface area contributed by atoms with Crippen LogP contribution in [0.2, 0.25) is 0 Å². The van der Waals surface area contributed by atoms with Gasteiger partial charge >= 0.3 is 0 Å². The molecule has 4 rings (SSSR count). The Morgan fingerprint density at radius 2 is 1.54 bits per heavy atom. The van der Waals surface area contributed by atoms with Crippen LogP contribution in [0, 0.1) is 20.2 Å². The van der Waals surface area contributed by atoms with Crippen LogP contribution in [0.5, 0.6) is 0 Å². The lowest BCUT2D eigenvalue weighted by Crippen LogP contribution is -2.24. The van der Waals surface area contributed by atoms with E-state index in [0.29, 0.717) is 23.8 Å². The molecule has 0 aliphatic heterocycles. The van der Waals surface area contributed by atoms with Crippen molar-refractivity contribution in [3.63, 3.8) is 0 Å². The van der Waals surface area contributed by atoms with E-state index in [1.54, 1.807) is 6.07 Å². The third-order valence-corrected chi connectivity index (χ3v) is 5.06. The first kappa shape index (κ1) is 24.8. The lowest BCUT2D eigenvalue weighted by Gasteiger charge is -2.12. The van der Waals surface area contributed by atoms with Crippen LogP contribution in [0.3, 0.4) is 0 Å². The molecule has 1 aliphatic rings. The van der Waals surface area contributed by atoms with Gasteiger partial charge in [-0.15, -0.1) is 0 Å². The Bertz CT molecular complexity index is 1210. The van der Waals surface area contributed by atoms with E-state index in [0.717, 1.165) is 18.4 Å². The second kappa shape index (κ2) is 11.4. The van der Waals surface area contributed by atoms with Gasteiger partial charge < -0.3 is 16.4 Å². The number of non-ortho nitro benzene ring substituents is 1. The number of hydrogen-bond donors (Lipinski definition) is 3. The first-order valence-corrected chi connectivity index (χ1v) is 10.7. The highest BCUT2D eigenvalue weighted by molar-refractivity contribution is 6.00. The molecule has 0 radical (unpaired) electrons. The molecule has 3 aromatic carbocycles. The van der Waals surface area contributed by atoms with E-state index in [2.05, 4.69) is 10.6 Å². The van der Waals surface area contributed by atoms with Crippen molar-refractivity contribution in [3.8, 4) is 0 Å². The largest absolute Gasteiger partial charge is 0.382 e. The number of benzene rings is 3. The fraction of sp³-hybridized carbons (Fsp3) is 0.167. The molecule has 11 nitrogen and oxygen atoms in total. The Balaban J connectivity index is 0.000000241. The van der Waals surface area contributed by atoms with E-state index in [9.17, 15) is 29.8 Å². The smallest absolute Gasteiger partial charge is 0.282 e. The number of primary amides is 1. The van der Waals surface area contributed by atoms with Gasteiger partial charge in [0.1, 0.15) is 5.56 Å². The van der Waals surface area contributed by atoms with Crippen molar-refractivity contribution < 1.29 is 19.4 Å². The SMILES string of the molecule is NC(=O)c1ccccc1[N+](=O)[O-].O=C(NCc1ccccc1)c1cc([N+](=O)[O-])ccc1NC1CC1. The minimum atomic E-state index is -0.790. The summed E-state index contributed by atoms with van der Waals surface area (Å²) in [6.07, 6.45) is 2.12. The molecule has 0 unspecified atom stereocenters. The highest BCUT2D eigenvalue weighted by Crippen LogP contribution is 2.29. The molecule has 11 heteroatoms. The molecule has 0 bridgehead atoms. The van der Waals surface area contributed by atoms with E-state index in [4.69, 9.17) is 5.73 Å². The van der Waals surface area contributed by atoms with Crippen LogP contribution >= 0.6 is 0 Å². The van der Waals surface area contributed by atoms with Gasteiger partial charge in [-0.05, 0) is 30.5 Å². The molecule has 1 saturated carbocycles. The molecule has 0 atom stereocenters. The van der Waals surface area contributed by atoms with E-state index in [1.165, 1.54) is 36.4 Å². The maximum absolute atomic E-state index is 12.4. The van der Waals surface area contributed by atoms with Crippen LogP contribution < -0.4 is 16.4 Å². The van der Waals surface area contributed by atoms with Gasteiger partial charge in [-0.1, -0.05) is 42.5 Å². The Morgan fingerprint density at radius 1 is 0.886 bits per heavy atom. The van der Waals surface area contributed by atoms with Crippen LogP contribution in [0.1, 0.15) is 39.1 Å². The number of amides is 2. The maximum Gasteiger partial charge on any atom is 0.282 e. The normalized spacial score (nSPS) is 12.0. The van der Waals surface area contributed by atoms with Crippen LogP contribution in [-0.2, 0) is 6.54 Å². The number of carbonyl (C=O) groups is 2. The van der Waals surface area contributed by atoms with Crippen LogP contribution in [0.15, 0.2) is 72.8 Å². The fourth-order valence-corrected chi connectivity index (χ4v) is 3.12. The molecule has 35 heavy (non-hydrogen) atoms. The summed E-state index contributed by atoms with van der Waals surface area (Å²) >= 11 is 0. The monoisotopic (exact) mass is 477 g/mol. The highest BCUT2D eigenvalue weighted by atomic mass is 16.6. The Hall–Kier alpha value is -4.80. The van der Waals surface area contributed by atoms with E-state index in [-0.39, 0.29) is 22.8 Å². The highest BCUT2D eigenvalue weighted by Gasteiger charge is 2.24. The number of anilines is 1. The van der Waals surface area contributed by atoms with Crippen molar-refractivity contribution in [1.82, 2.24) is 5.32 Å². The van der Waals surface area contributed by atoms with Crippen molar-refractivity contribution in [2.24, 2.45) is 5.73 Å². The zero-order valence-electron chi connectivity index (χ0n) is 18.5. The summed E-state index contributed by atoms with van der Waals surface area (Å²) in [6, 6.07) is 19.8. The summed E-state index contributed by atoms with van der Waals surface area (Å²) in [5.74, 6) is -1.11. The summed E-state index contributed by atoms with van der Waals surface area (Å²) in [5, 5.41) is 27.3. The fourth-order valence-electron chi connectivity index (χ4n) is 3.12. The molecule has 0 spiro atoms. The quantitative estimate of drug-likeness (QED) is 0.327. The number of nitrogens with two attached hydrogens (primary N) is 1. The Morgan fingerprint density at radius 3 is 2.11 bits per heavy atom. The number of carbonyl (C=O) groups excluding carboxylic acids is 2. The predicted molar refractivity (Wildman–Crippen MR) is 129 cm³/mol. The van der Waals surface area contributed by atoms with Gasteiger partial charge in [-0.25, -0.2) is 0 Å². The minimum Gasteiger partial charge on any atom is -0.382 e. The van der Waals surface area contributed by atoms with Gasteiger partial charge in [0.15, 0.2) is 0 Å². The first-order valence-electron chi connectivity index (χ1n) is 10.7. The van der Waals surface area contributed by atoms with Gasteiger partial charge in [0.05, 0.1) is 15.4 Å². The predicted octanol–water partition coefficient (Wildman–Crippen LogP) is 3.79. The Labute approximate surface area is 200 Å². The summed E-state index contributed by atoms with van der Waals surface area (Å²) in [6.45, 7) is 0.380. The minimum absolute atomic E-state index is 0.0671. The van der Waals surface area contributed by atoms with Crippen LogP contribution in [0.4, 0.5) is 17.1 Å². The van der Waals surface area contributed by atoms with Gasteiger partial charge in [-0.3, -0.25) is 29.8 Å². The molecule has 0 heterocycles. The van der Waals surface area contributed by atoms with Crippen molar-refractivity contribution in [2.45, 2.75) is 25.4 Å². The number of nitrogens with zero attached hydrogens (tertiary/aromatic N) is 2. The van der Waals surface area contributed by atoms with Crippen molar-refractivity contribution >= 4 is 28.9 Å². The lowest BCUT2D eigenvalue weighted by molar-refractivity contribution is -0.385. The van der Waals surface area contributed by atoms with Gasteiger partial charge in [0.25, 0.3) is 23.2 Å². The molecule has 180 valence electrons. The van der Waals surface area contributed by atoms with Gasteiger partial charge in [-0.2, -0.15) is 0 Å². The maximum atomic E-state index is 12.4. The third kappa shape index (κ3) is 7.09. The number of nitro benzene ring substituents is 2. The molecule has 1 fully saturated rings. The zero-order chi connectivity index (χ0) is 25.4. The molecule has 0 saturated heterocycles. The molecule has 2 amide bonds. The number of nitro groups is 2. The van der Waals surface area contributed by atoms with Gasteiger partial charge in [0, 0.05) is 36.5 Å². The van der Waals surface area contributed by atoms with Crippen LogP contribution in [-0.4, -0.2) is 27.7 Å². The average molecular weight is 477 g/mol. The van der Waals surface area contributed by atoms with E-state index < -0.39 is 15.8 Å². The Kier molecular flexibility index (Phi) is 8.06. The second-order valence-corrected chi connectivity index (χ2v) is 7.71. The van der Waals surface area contributed by atoms with Crippen molar-refractivity contribution in [2.75, 3.05) is 5.32 Å². The first-order chi connectivity index (χ1) is 16.8. The zero-order valence-corrected chi connectivity index (χ0v) is 18.5. The van der Waals surface area contributed by atoms with Crippen molar-refractivity contribution in [1.29, 1.82) is 0 Å². The molecule has 4 N–H and O–H groups in total. The third-order valence-electron chi connectivity index (χ3n) is 5.06. The molecular formula is C24H23N5O6. The number of rotatable bonds is 8. The number of hydrogen-bond acceptors (Lipinski definition) is 7. The molecule has 0 aromatic heterocycles. The number of nitrogens with one attached hydrogen (secondary N) is 2. The lowest BCUT2D eigenvalue weighted by atomic mass is 10.1. The standard InChI is InChI=1S/C17H17N3O3.C7H6N2O3/c21-17(18-11-12-4-2-1-3-5-12)15-10-14(20(22)23)8-9-16(15)19-13-6-7-13;8-7(10)5-3-1-2-4-6(5)9(11)12/h1-5,8-10,13,19H,6-7,11H2,(H,18,21);1-4H,(H2,8,10). The summed E-state index contributed by atoms with van der Waals surface area (Å²) in [5.41, 5.74) is 6.42. The van der Waals surface area contributed by atoms with Gasteiger partial charge in [0.2, 0.25) is 0 Å². The van der Waals surface area contributed by atoms with E-state index in [1.807, 2.05) is 30.3 Å². The molecular weight excluding hydrogens is 454 g/mol. The topological polar surface area (TPSA) is 171 Å². The molecule has 1 aliphatic carbocycles. The number of para-hydroxylation sites is 1. The van der Waals surface area contributed by atoms with Crippen LogP contribution in [0.25, 0.3) is 0 Å². The van der Waals surface area contributed by atoms with Crippen molar-refractivity contribution in [3.05, 3.63) is 110 Å². The average Bonchev–Trinajstić information content (AvgIpc) is 3.67. The molecule has 3 aromatic rings. The summed E-state index contributed by atoms with van der Waals surface area (Å²) in [4.78, 5) is 43.2. The second-order valence-electron chi connectivity index (χ2n) is 7.71. The summed E-state index contributed by atoms with van der Waals surface area (Å²) < 4.78 is 0.